The molecule has 1 aliphatic heterocycles. The number of rotatable bonds is 4. The number of esters is 1. The molecule has 8 heteroatoms. The first-order valence-corrected chi connectivity index (χ1v) is 7.17. The summed E-state index contributed by atoms with van der Waals surface area (Å²) in [5.74, 6) is -1.21. The van der Waals surface area contributed by atoms with Crippen molar-refractivity contribution in [2.75, 3.05) is 18.1 Å². The summed E-state index contributed by atoms with van der Waals surface area (Å²) in [7, 11) is 0. The number of anilines is 1. The zero-order chi connectivity index (χ0) is 14.7. The van der Waals surface area contributed by atoms with Gasteiger partial charge in [0, 0.05) is 5.38 Å². The van der Waals surface area contributed by atoms with E-state index in [9.17, 15) is 14.4 Å². The number of piperazine rings is 1. The maximum absolute atomic E-state index is 11.8. The first kappa shape index (κ1) is 14.4. The van der Waals surface area contributed by atoms with Crippen molar-refractivity contribution in [3.8, 4) is 0 Å². The number of carbonyl (C=O) groups excluding carboxylic acids is 3. The van der Waals surface area contributed by atoms with Gasteiger partial charge in [-0.25, -0.2) is 9.78 Å². The van der Waals surface area contributed by atoms with Crippen LogP contribution in [0.5, 0.6) is 0 Å². The summed E-state index contributed by atoms with van der Waals surface area (Å²) in [6.07, 6.45) is 0.549. The van der Waals surface area contributed by atoms with Gasteiger partial charge in [0.05, 0.1) is 6.61 Å². The first-order valence-electron chi connectivity index (χ1n) is 6.29. The number of ether oxygens (including phenoxy) is 1. The molecule has 1 aromatic heterocycles. The number of thiazole rings is 1. The van der Waals surface area contributed by atoms with Gasteiger partial charge in [-0.1, -0.05) is 6.92 Å². The first-order chi connectivity index (χ1) is 9.56. The molecule has 1 aromatic rings. The van der Waals surface area contributed by atoms with Gasteiger partial charge in [0.15, 0.2) is 10.8 Å². The summed E-state index contributed by atoms with van der Waals surface area (Å²) in [4.78, 5) is 40.6. The molecule has 2 amide bonds. The molecule has 1 unspecified atom stereocenters. The zero-order valence-corrected chi connectivity index (χ0v) is 12.0. The topological polar surface area (TPSA) is 88.6 Å². The standard InChI is InChI=1S/C12H15N3O4S/c1-3-8-10(17)14-9(16)5-15(8)12-13-7(6-20-12)11(18)19-4-2/h6,8H,3-5H2,1-2H3,(H,14,16,17). The Labute approximate surface area is 119 Å². The zero-order valence-electron chi connectivity index (χ0n) is 11.2. The van der Waals surface area contributed by atoms with Crippen LogP contribution in [-0.4, -0.2) is 42.0 Å². The molecule has 0 radical (unpaired) electrons. The SMILES string of the molecule is CCOC(=O)c1csc(N2CC(=O)NC(=O)C2CC)n1. The van der Waals surface area contributed by atoms with Crippen LogP contribution in [-0.2, 0) is 14.3 Å². The quantitative estimate of drug-likeness (QED) is 0.645. The molecule has 2 heterocycles. The second-order valence-electron chi connectivity index (χ2n) is 4.20. The number of hydrogen-bond acceptors (Lipinski definition) is 7. The molecule has 0 saturated carbocycles. The number of aromatic nitrogens is 1. The fourth-order valence-electron chi connectivity index (χ4n) is 1.97. The van der Waals surface area contributed by atoms with Crippen molar-refractivity contribution < 1.29 is 19.1 Å². The number of imide groups is 1. The second kappa shape index (κ2) is 6.00. The van der Waals surface area contributed by atoms with Crippen LogP contribution in [0.25, 0.3) is 0 Å². The summed E-state index contributed by atoms with van der Waals surface area (Å²) in [6, 6.07) is -0.450. The average Bonchev–Trinajstić information content (AvgIpc) is 2.87. The second-order valence-corrected chi connectivity index (χ2v) is 5.04. The van der Waals surface area contributed by atoms with E-state index in [-0.39, 0.29) is 30.7 Å². The van der Waals surface area contributed by atoms with E-state index in [0.717, 1.165) is 0 Å². The van der Waals surface area contributed by atoms with Crippen LogP contribution in [0.2, 0.25) is 0 Å². The number of amides is 2. The van der Waals surface area contributed by atoms with Gasteiger partial charge in [0.1, 0.15) is 12.6 Å². The van der Waals surface area contributed by atoms with E-state index in [0.29, 0.717) is 11.6 Å². The minimum Gasteiger partial charge on any atom is -0.461 e. The Bertz CT molecular complexity index is 543. The molecular formula is C12H15N3O4S. The lowest BCUT2D eigenvalue weighted by molar-refractivity contribution is -0.132. The minimum absolute atomic E-state index is 0.0556. The molecule has 108 valence electrons. The van der Waals surface area contributed by atoms with E-state index in [1.165, 1.54) is 11.3 Å². The van der Waals surface area contributed by atoms with Crippen molar-refractivity contribution in [2.45, 2.75) is 26.3 Å². The summed E-state index contributed by atoms with van der Waals surface area (Å²) in [5.41, 5.74) is 0.195. The monoisotopic (exact) mass is 297 g/mol. The van der Waals surface area contributed by atoms with Crippen LogP contribution in [0.1, 0.15) is 30.8 Å². The molecule has 0 spiro atoms. The number of nitrogens with one attached hydrogen (secondary N) is 1. The molecule has 7 nitrogen and oxygen atoms in total. The van der Waals surface area contributed by atoms with Crippen LogP contribution in [0.4, 0.5) is 5.13 Å². The Balaban J connectivity index is 2.23. The van der Waals surface area contributed by atoms with Gasteiger partial charge in [0.2, 0.25) is 11.8 Å². The van der Waals surface area contributed by atoms with E-state index in [1.807, 2.05) is 6.92 Å². The smallest absolute Gasteiger partial charge is 0.357 e. The lowest BCUT2D eigenvalue weighted by atomic mass is 10.1. The lowest BCUT2D eigenvalue weighted by Crippen LogP contribution is -2.58. The van der Waals surface area contributed by atoms with Crippen LogP contribution >= 0.6 is 11.3 Å². The Morgan fingerprint density at radius 2 is 2.30 bits per heavy atom. The van der Waals surface area contributed by atoms with Gasteiger partial charge in [-0.2, -0.15) is 0 Å². The fourth-order valence-corrected chi connectivity index (χ4v) is 2.81. The number of nitrogens with zero attached hydrogens (tertiary/aromatic N) is 2. The van der Waals surface area contributed by atoms with E-state index < -0.39 is 12.0 Å². The van der Waals surface area contributed by atoms with Crippen molar-refractivity contribution in [1.82, 2.24) is 10.3 Å². The highest BCUT2D eigenvalue weighted by molar-refractivity contribution is 7.14. The van der Waals surface area contributed by atoms with Gasteiger partial charge >= 0.3 is 5.97 Å². The van der Waals surface area contributed by atoms with Crippen molar-refractivity contribution in [3.05, 3.63) is 11.1 Å². The third-order valence-electron chi connectivity index (χ3n) is 2.86. The predicted octanol–water partition coefficient (Wildman–Crippen LogP) is 0.561. The van der Waals surface area contributed by atoms with Crippen LogP contribution < -0.4 is 10.2 Å². The Morgan fingerprint density at radius 1 is 1.55 bits per heavy atom. The van der Waals surface area contributed by atoms with Gasteiger partial charge < -0.3 is 9.64 Å². The van der Waals surface area contributed by atoms with Crippen molar-refractivity contribution in [3.63, 3.8) is 0 Å². The highest BCUT2D eigenvalue weighted by Crippen LogP contribution is 2.25. The fraction of sp³-hybridized carbons (Fsp3) is 0.500. The Kier molecular flexibility index (Phi) is 4.33. The lowest BCUT2D eigenvalue weighted by Gasteiger charge is -2.32. The highest BCUT2D eigenvalue weighted by Gasteiger charge is 2.34. The molecule has 1 aliphatic rings. The minimum atomic E-state index is -0.504. The van der Waals surface area contributed by atoms with Gasteiger partial charge in [-0.3, -0.25) is 14.9 Å². The van der Waals surface area contributed by atoms with Crippen LogP contribution in [0, 0.1) is 0 Å². The Hall–Kier alpha value is -1.96. The average molecular weight is 297 g/mol. The summed E-state index contributed by atoms with van der Waals surface area (Å²) < 4.78 is 4.86. The van der Waals surface area contributed by atoms with E-state index in [4.69, 9.17) is 4.74 Å². The van der Waals surface area contributed by atoms with Crippen molar-refractivity contribution in [1.29, 1.82) is 0 Å². The van der Waals surface area contributed by atoms with Crippen molar-refractivity contribution >= 4 is 34.3 Å². The maximum Gasteiger partial charge on any atom is 0.357 e. The molecule has 0 aliphatic carbocycles. The van der Waals surface area contributed by atoms with Gasteiger partial charge in [-0.05, 0) is 13.3 Å². The molecule has 0 bridgehead atoms. The van der Waals surface area contributed by atoms with Gasteiger partial charge in [-0.15, -0.1) is 11.3 Å². The maximum atomic E-state index is 11.8. The van der Waals surface area contributed by atoms with Gasteiger partial charge in [0.25, 0.3) is 0 Å². The van der Waals surface area contributed by atoms with E-state index >= 15 is 0 Å². The van der Waals surface area contributed by atoms with Crippen LogP contribution in [0.15, 0.2) is 5.38 Å². The molecule has 1 saturated heterocycles. The van der Waals surface area contributed by atoms with E-state index in [1.54, 1.807) is 17.2 Å². The van der Waals surface area contributed by atoms with Crippen LogP contribution in [0.3, 0.4) is 0 Å². The normalized spacial score (nSPS) is 18.9. The predicted molar refractivity (Wildman–Crippen MR) is 72.6 cm³/mol. The summed E-state index contributed by atoms with van der Waals surface area (Å²) in [6.45, 7) is 3.90. The molecule has 1 fully saturated rings. The highest BCUT2D eigenvalue weighted by atomic mass is 32.1. The molecule has 20 heavy (non-hydrogen) atoms. The number of hydrogen-bond donors (Lipinski definition) is 1. The molecule has 0 aromatic carbocycles. The van der Waals surface area contributed by atoms with Crippen molar-refractivity contribution in [2.24, 2.45) is 0 Å². The molecule has 1 atom stereocenters. The summed E-state index contributed by atoms with van der Waals surface area (Å²) >= 11 is 1.22. The summed E-state index contributed by atoms with van der Waals surface area (Å²) in [5, 5.41) is 4.34. The molecule has 1 N–H and O–H groups in total. The molecule has 2 rings (SSSR count). The third-order valence-corrected chi connectivity index (χ3v) is 3.74. The Morgan fingerprint density at radius 3 is 2.95 bits per heavy atom. The number of carbonyl (C=O) groups is 3. The third kappa shape index (κ3) is 2.79. The molecular weight excluding hydrogens is 282 g/mol. The largest absolute Gasteiger partial charge is 0.461 e. The van der Waals surface area contributed by atoms with E-state index in [2.05, 4.69) is 10.3 Å².